The number of furan rings is 2. The van der Waals surface area contributed by atoms with Crippen LogP contribution in [0, 0.1) is 0 Å². The van der Waals surface area contributed by atoms with Crippen LogP contribution in [0.2, 0.25) is 0 Å². The van der Waals surface area contributed by atoms with Gasteiger partial charge in [0.1, 0.15) is 22.3 Å². The van der Waals surface area contributed by atoms with Gasteiger partial charge >= 0.3 is 0 Å². The summed E-state index contributed by atoms with van der Waals surface area (Å²) in [5.74, 6) is 0. The molecule has 0 unspecified atom stereocenters. The first-order valence-electron chi connectivity index (χ1n) is 20.2. The fraction of sp³-hybridized carbons (Fsp3) is 0. The molecule has 59 heavy (non-hydrogen) atoms. The van der Waals surface area contributed by atoms with E-state index in [1.165, 1.54) is 54.5 Å². The molecule has 0 fully saturated rings. The van der Waals surface area contributed by atoms with E-state index in [-0.39, 0.29) is 0 Å². The van der Waals surface area contributed by atoms with Gasteiger partial charge in [0.15, 0.2) is 0 Å². The first kappa shape index (κ1) is 32.2. The summed E-state index contributed by atoms with van der Waals surface area (Å²) in [6.07, 6.45) is 0. The Bertz CT molecular complexity index is 3860. The quantitative estimate of drug-likeness (QED) is 0.168. The van der Waals surface area contributed by atoms with Gasteiger partial charge in [-0.1, -0.05) is 133 Å². The molecule has 0 bridgehead atoms. The minimum absolute atomic E-state index is 0.888. The average Bonchev–Trinajstić information content (AvgIpc) is 3.98. The number of rotatable bonds is 4. The fourth-order valence-corrected chi connectivity index (χ4v) is 9.63. The predicted octanol–water partition coefficient (Wildman–Crippen LogP) is 15.9. The third kappa shape index (κ3) is 4.82. The van der Waals surface area contributed by atoms with E-state index in [2.05, 4.69) is 193 Å². The lowest BCUT2D eigenvalue weighted by molar-refractivity contribution is 0.669. The molecular weight excluding hydrogens is 719 g/mol. The van der Waals surface area contributed by atoms with Crippen LogP contribution in [0.25, 0.3) is 126 Å². The minimum Gasteiger partial charge on any atom is -0.456 e. The van der Waals surface area contributed by atoms with Crippen LogP contribution in [-0.2, 0) is 0 Å². The van der Waals surface area contributed by atoms with Crippen LogP contribution in [0.5, 0.6) is 0 Å². The summed E-state index contributed by atoms with van der Waals surface area (Å²) >= 11 is 0. The summed E-state index contributed by atoms with van der Waals surface area (Å²) in [6.45, 7) is 0. The second kappa shape index (κ2) is 12.3. The molecule has 3 heteroatoms. The number of para-hydroxylation sites is 3. The molecule has 0 saturated carbocycles. The van der Waals surface area contributed by atoms with Crippen LogP contribution in [0.4, 0.5) is 0 Å². The highest BCUT2D eigenvalue weighted by molar-refractivity contribution is 6.18. The zero-order valence-corrected chi connectivity index (χ0v) is 31.8. The molecule has 0 N–H and O–H groups in total. The summed E-state index contributed by atoms with van der Waals surface area (Å²) in [6, 6.07) is 72.1. The Morgan fingerprint density at radius 2 is 0.864 bits per heavy atom. The van der Waals surface area contributed by atoms with Crippen molar-refractivity contribution in [3.8, 4) is 39.1 Å². The number of hydrogen-bond donors (Lipinski definition) is 0. The molecule has 0 aliphatic rings. The van der Waals surface area contributed by atoms with Gasteiger partial charge in [-0.25, -0.2) is 0 Å². The number of fused-ring (bicyclic) bond motifs is 12. The third-order valence-electron chi connectivity index (χ3n) is 12.4. The van der Waals surface area contributed by atoms with Gasteiger partial charge in [0.25, 0.3) is 0 Å². The summed E-state index contributed by atoms with van der Waals surface area (Å²) < 4.78 is 15.3. The van der Waals surface area contributed by atoms with Crippen LogP contribution < -0.4 is 0 Å². The SMILES string of the molecule is c1cc(-c2ccc3oc4ccccc4c3c2)cc(-n2c3ccccc3c3cc(-c4ccc5oc6c(-c7cc8ccccc8c8ccccc78)cccc6c5c4)ccc32)c1. The van der Waals surface area contributed by atoms with E-state index in [1.807, 2.05) is 12.1 Å². The van der Waals surface area contributed by atoms with Gasteiger partial charge < -0.3 is 13.4 Å². The summed E-state index contributed by atoms with van der Waals surface area (Å²) in [5, 5.41) is 11.9. The van der Waals surface area contributed by atoms with Crippen molar-refractivity contribution < 1.29 is 8.83 Å². The molecule has 13 aromatic rings. The van der Waals surface area contributed by atoms with Crippen molar-refractivity contribution >= 4 is 87.2 Å². The molecule has 13 rings (SSSR count). The Labute approximate surface area is 338 Å². The van der Waals surface area contributed by atoms with Crippen LogP contribution in [0.3, 0.4) is 0 Å². The van der Waals surface area contributed by atoms with Gasteiger partial charge in [0.05, 0.1) is 11.0 Å². The number of aromatic nitrogens is 1. The maximum absolute atomic E-state index is 6.74. The summed E-state index contributed by atoms with van der Waals surface area (Å²) in [7, 11) is 0. The molecule has 3 aromatic heterocycles. The van der Waals surface area contributed by atoms with Crippen molar-refractivity contribution in [2.45, 2.75) is 0 Å². The number of nitrogens with zero attached hydrogens (tertiary/aromatic N) is 1. The van der Waals surface area contributed by atoms with E-state index < -0.39 is 0 Å². The minimum atomic E-state index is 0.888. The lowest BCUT2D eigenvalue weighted by Gasteiger charge is -2.11. The Hall–Kier alpha value is -7.88. The Balaban J connectivity index is 0.931. The smallest absolute Gasteiger partial charge is 0.143 e. The predicted molar refractivity (Wildman–Crippen MR) is 247 cm³/mol. The van der Waals surface area contributed by atoms with Crippen molar-refractivity contribution in [1.29, 1.82) is 0 Å². The van der Waals surface area contributed by atoms with Crippen LogP contribution in [0.1, 0.15) is 0 Å². The molecule has 10 aromatic carbocycles. The monoisotopic (exact) mass is 751 g/mol. The van der Waals surface area contributed by atoms with E-state index in [1.54, 1.807) is 0 Å². The van der Waals surface area contributed by atoms with Crippen molar-refractivity contribution in [3.63, 3.8) is 0 Å². The Kier molecular flexibility index (Phi) is 6.72. The van der Waals surface area contributed by atoms with Crippen molar-refractivity contribution in [1.82, 2.24) is 4.57 Å². The molecule has 3 nitrogen and oxygen atoms in total. The van der Waals surface area contributed by atoms with Gasteiger partial charge in [-0.3, -0.25) is 0 Å². The third-order valence-corrected chi connectivity index (χ3v) is 12.4. The first-order chi connectivity index (χ1) is 29.2. The summed E-state index contributed by atoms with van der Waals surface area (Å²) in [4.78, 5) is 0. The molecule has 0 amide bonds. The fourth-order valence-electron chi connectivity index (χ4n) is 9.63. The maximum Gasteiger partial charge on any atom is 0.143 e. The molecule has 0 aliphatic carbocycles. The first-order valence-corrected chi connectivity index (χ1v) is 20.2. The van der Waals surface area contributed by atoms with E-state index in [0.29, 0.717) is 0 Å². The Morgan fingerprint density at radius 3 is 1.71 bits per heavy atom. The lowest BCUT2D eigenvalue weighted by Crippen LogP contribution is -1.94. The van der Waals surface area contributed by atoms with Crippen molar-refractivity contribution in [2.24, 2.45) is 0 Å². The zero-order chi connectivity index (χ0) is 38.6. The lowest BCUT2D eigenvalue weighted by atomic mass is 9.92. The molecule has 0 atom stereocenters. The van der Waals surface area contributed by atoms with Gasteiger partial charge in [-0.05, 0) is 116 Å². The largest absolute Gasteiger partial charge is 0.456 e. The molecule has 274 valence electrons. The van der Waals surface area contributed by atoms with E-state index in [9.17, 15) is 0 Å². The van der Waals surface area contributed by atoms with Crippen LogP contribution in [0.15, 0.2) is 209 Å². The van der Waals surface area contributed by atoms with E-state index >= 15 is 0 Å². The van der Waals surface area contributed by atoms with Crippen LogP contribution in [-0.4, -0.2) is 4.57 Å². The number of hydrogen-bond acceptors (Lipinski definition) is 2. The molecule has 0 spiro atoms. The molecular formula is C56H33NO2. The van der Waals surface area contributed by atoms with Gasteiger partial charge in [-0.15, -0.1) is 0 Å². The second-order valence-corrected chi connectivity index (χ2v) is 15.6. The van der Waals surface area contributed by atoms with Gasteiger partial charge in [0, 0.05) is 43.6 Å². The standard InChI is InChI=1S/C56H33NO2/c1-2-14-40-38(11-1)33-47(42-16-4-3-15-41(40)42)45-19-10-20-46-50-32-37(25-28-55(50)59-56(45)46)35-23-26-52-48(30-35)43-17-5-7-21-51(43)57(52)39-13-9-12-34(29-39)36-24-27-54-49(31-36)44-18-6-8-22-53(44)58-54/h1-33H. The highest BCUT2D eigenvalue weighted by Gasteiger charge is 2.18. The molecule has 0 radical (unpaired) electrons. The number of benzene rings is 10. The van der Waals surface area contributed by atoms with Gasteiger partial charge in [0.2, 0.25) is 0 Å². The summed E-state index contributed by atoms with van der Waals surface area (Å²) in [5.41, 5.74) is 14.0. The average molecular weight is 752 g/mol. The second-order valence-electron chi connectivity index (χ2n) is 15.6. The molecule has 3 heterocycles. The highest BCUT2D eigenvalue weighted by Crippen LogP contribution is 2.43. The normalized spacial score (nSPS) is 12.1. The van der Waals surface area contributed by atoms with E-state index in [4.69, 9.17) is 8.83 Å². The van der Waals surface area contributed by atoms with Crippen molar-refractivity contribution in [3.05, 3.63) is 200 Å². The maximum atomic E-state index is 6.74. The Morgan fingerprint density at radius 1 is 0.288 bits per heavy atom. The zero-order valence-electron chi connectivity index (χ0n) is 31.8. The topological polar surface area (TPSA) is 31.2 Å². The van der Waals surface area contributed by atoms with Crippen LogP contribution >= 0.6 is 0 Å². The molecule has 0 aliphatic heterocycles. The van der Waals surface area contributed by atoms with Crippen molar-refractivity contribution in [2.75, 3.05) is 0 Å². The van der Waals surface area contributed by atoms with Gasteiger partial charge in [-0.2, -0.15) is 0 Å². The highest BCUT2D eigenvalue weighted by atomic mass is 16.3. The molecule has 0 saturated heterocycles. The van der Waals surface area contributed by atoms with E-state index in [0.717, 1.165) is 71.8 Å².